The highest BCUT2D eigenvalue weighted by Crippen LogP contribution is 2.25. The summed E-state index contributed by atoms with van der Waals surface area (Å²) in [6, 6.07) is 5.62. The van der Waals surface area contributed by atoms with E-state index in [1.165, 1.54) is 18.2 Å². The fourth-order valence-electron chi connectivity index (χ4n) is 2.12. The van der Waals surface area contributed by atoms with Crippen molar-refractivity contribution in [3.63, 3.8) is 0 Å². The van der Waals surface area contributed by atoms with Crippen LogP contribution in [0, 0.1) is 13.8 Å². The van der Waals surface area contributed by atoms with Gasteiger partial charge in [0.1, 0.15) is 11.5 Å². The van der Waals surface area contributed by atoms with E-state index in [-0.39, 0.29) is 9.92 Å². The molecule has 3 N–H and O–H groups in total. The summed E-state index contributed by atoms with van der Waals surface area (Å²) in [4.78, 5) is 0.0754. The van der Waals surface area contributed by atoms with Crippen LogP contribution in [0.4, 0.5) is 5.69 Å². The topological polar surface area (TPSA) is 85.3 Å². The van der Waals surface area contributed by atoms with E-state index >= 15 is 0 Å². The molecule has 0 aliphatic rings. The molecule has 2 aromatic rings. The van der Waals surface area contributed by atoms with E-state index in [2.05, 4.69) is 4.72 Å². The minimum atomic E-state index is -3.69. The number of hydrogen-bond donors (Lipinski definition) is 2. The van der Waals surface area contributed by atoms with Gasteiger partial charge in [0.2, 0.25) is 10.0 Å². The molecular formula is C14H17ClN2O3S. The maximum atomic E-state index is 12.4. The summed E-state index contributed by atoms with van der Waals surface area (Å²) in [6.07, 6.45) is 0. The van der Waals surface area contributed by atoms with Gasteiger partial charge in [-0.25, -0.2) is 13.1 Å². The summed E-state index contributed by atoms with van der Waals surface area (Å²) in [7, 11) is -3.69. The van der Waals surface area contributed by atoms with Crippen molar-refractivity contribution in [1.29, 1.82) is 0 Å². The molecular weight excluding hydrogens is 312 g/mol. The molecule has 1 heterocycles. The highest BCUT2D eigenvalue weighted by molar-refractivity contribution is 7.89. The molecule has 0 saturated carbocycles. The molecule has 0 bridgehead atoms. The van der Waals surface area contributed by atoms with Crippen LogP contribution in [-0.4, -0.2) is 8.42 Å². The van der Waals surface area contributed by atoms with Crippen molar-refractivity contribution in [3.05, 3.63) is 46.4 Å². The molecule has 114 valence electrons. The molecule has 0 amide bonds. The summed E-state index contributed by atoms with van der Waals surface area (Å²) in [5, 5.41) is 0.209. The predicted molar refractivity (Wildman–Crippen MR) is 82.8 cm³/mol. The van der Waals surface area contributed by atoms with Crippen LogP contribution in [0.2, 0.25) is 5.02 Å². The molecule has 0 aliphatic heterocycles. The number of benzene rings is 1. The van der Waals surface area contributed by atoms with Crippen molar-refractivity contribution in [1.82, 2.24) is 4.72 Å². The van der Waals surface area contributed by atoms with Crippen LogP contribution in [0.1, 0.15) is 30.0 Å². The first-order valence-corrected chi connectivity index (χ1v) is 8.21. The van der Waals surface area contributed by atoms with E-state index < -0.39 is 16.1 Å². The molecule has 0 fully saturated rings. The van der Waals surface area contributed by atoms with Gasteiger partial charge in [-0.3, -0.25) is 0 Å². The Hall–Kier alpha value is -1.50. The van der Waals surface area contributed by atoms with Crippen molar-refractivity contribution in [2.75, 3.05) is 5.73 Å². The molecule has 2 rings (SSSR count). The monoisotopic (exact) mass is 328 g/mol. The largest absolute Gasteiger partial charge is 0.466 e. The SMILES string of the molecule is Cc1cc(C(C)NS(=O)(=O)c2ccc(N)c(Cl)c2)c(C)o1. The molecule has 1 aromatic carbocycles. The van der Waals surface area contributed by atoms with E-state index in [9.17, 15) is 8.42 Å². The van der Waals surface area contributed by atoms with Crippen molar-refractivity contribution < 1.29 is 12.8 Å². The molecule has 0 aliphatic carbocycles. The quantitative estimate of drug-likeness (QED) is 0.844. The summed E-state index contributed by atoms with van der Waals surface area (Å²) >= 11 is 5.87. The first-order valence-electron chi connectivity index (χ1n) is 6.35. The Balaban J connectivity index is 2.28. The maximum absolute atomic E-state index is 12.4. The molecule has 21 heavy (non-hydrogen) atoms. The van der Waals surface area contributed by atoms with Gasteiger partial charge < -0.3 is 10.2 Å². The van der Waals surface area contributed by atoms with Gasteiger partial charge >= 0.3 is 0 Å². The van der Waals surface area contributed by atoms with Crippen molar-refractivity contribution in [2.45, 2.75) is 31.7 Å². The molecule has 1 atom stereocenters. The smallest absolute Gasteiger partial charge is 0.241 e. The second kappa shape index (κ2) is 5.71. The van der Waals surface area contributed by atoms with Gasteiger partial charge in [0.25, 0.3) is 0 Å². The molecule has 0 spiro atoms. The number of nitrogen functional groups attached to an aromatic ring is 1. The van der Waals surface area contributed by atoms with Gasteiger partial charge in [-0.2, -0.15) is 0 Å². The van der Waals surface area contributed by atoms with E-state index in [4.69, 9.17) is 21.8 Å². The summed E-state index contributed by atoms with van der Waals surface area (Å²) in [6.45, 7) is 5.37. The summed E-state index contributed by atoms with van der Waals surface area (Å²) in [5.74, 6) is 1.43. The average molecular weight is 329 g/mol. The third kappa shape index (κ3) is 3.40. The number of halogens is 1. The number of nitrogens with two attached hydrogens (primary N) is 1. The first kappa shape index (κ1) is 15.9. The number of anilines is 1. The summed E-state index contributed by atoms with van der Waals surface area (Å²) < 4.78 is 32.7. The van der Waals surface area contributed by atoms with Crippen LogP contribution < -0.4 is 10.5 Å². The third-order valence-electron chi connectivity index (χ3n) is 3.16. The van der Waals surface area contributed by atoms with E-state index in [0.29, 0.717) is 11.4 Å². The standard InChI is InChI=1S/C14H17ClN2O3S/c1-8-6-12(10(3)20-8)9(2)17-21(18,19)11-4-5-14(16)13(15)7-11/h4-7,9,17H,16H2,1-3H3. The van der Waals surface area contributed by atoms with Crippen LogP contribution in [-0.2, 0) is 10.0 Å². The predicted octanol–water partition coefficient (Wildman–Crippen LogP) is 3.17. The number of furan rings is 1. The fraction of sp³-hybridized carbons (Fsp3) is 0.286. The highest BCUT2D eigenvalue weighted by Gasteiger charge is 2.21. The zero-order chi connectivity index (χ0) is 15.8. The molecule has 5 nitrogen and oxygen atoms in total. The Morgan fingerprint density at radius 1 is 1.29 bits per heavy atom. The average Bonchev–Trinajstić information content (AvgIpc) is 2.71. The molecule has 0 radical (unpaired) electrons. The Kier molecular flexibility index (Phi) is 4.32. The first-order chi connectivity index (χ1) is 9.70. The molecule has 1 aromatic heterocycles. The number of hydrogen-bond acceptors (Lipinski definition) is 4. The normalized spacial score (nSPS) is 13.3. The second-order valence-corrected chi connectivity index (χ2v) is 7.02. The Morgan fingerprint density at radius 3 is 2.48 bits per heavy atom. The Morgan fingerprint density at radius 2 is 1.95 bits per heavy atom. The van der Waals surface area contributed by atoms with Crippen LogP contribution in [0.3, 0.4) is 0 Å². The lowest BCUT2D eigenvalue weighted by atomic mass is 10.1. The number of sulfonamides is 1. The van der Waals surface area contributed by atoms with E-state index in [1.54, 1.807) is 13.8 Å². The van der Waals surface area contributed by atoms with Crippen LogP contribution >= 0.6 is 11.6 Å². The van der Waals surface area contributed by atoms with Gasteiger partial charge in [-0.15, -0.1) is 0 Å². The van der Waals surface area contributed by atoms with Crippen LogP contribution in [0.5, 0.6) is 0 Å². The number of rotatable bonds is 4. The number of nitrogens with one attached hydrogen (secondary N) is 1. The Labute approximate surface area is 129 Å². The highest BCUT2D eigenvalue weighted by atomic mass is 35.5. The zero-order valence-electron chi connectivity index (χ0n) is 12.0. The maximum Gasteiger partial charge on any atom is 0.241 e. The summed E-state index contributed by atoms with van der Waals surface area (Å²) in [5.41, 5.74) is 6.73. The molecule has 7 heteroatoms. The van der Waals surface area contributed by atoms with Crippen LogP contribution in [0.25, 0.3) is 0 Å². The van der Waals surface area contributed by atoms with E-state index in [1.807, 2.05) is 13.0 Å². The van der Waals surface area contributed by atoms with E-state index in [0.717, 1.165) is 11.3 Å². The number of aryl methyl sites for hydroxylation is 2. The zero-order valence-corrected chi connectivity index (χ0v) is 13.5. The lowest BCUT2D eigenvalue weighted by molar-refractivity contribution is 0.496. The van der Waals surface area contributed by atoms with Gasteiger partial charge in [0.05, 0.1) is 15.6 Å². The van der Waals surface area contributed by atoms with Crippen molar-refractivity contribution in [3.8, 4) is 0 Å². The lowest BCUT2D eigenvalue weighted by Gasteiger charge is -2.14. The van der Waals surface area contributed by atoms with Gasteiger partial charge in [0, 0.05) is 11.6 Å². The molecule has 1 unspecified atom stereocenters. The lowest BCUT2D eigenvalue weighted by Crippen LogP contribution is -2.27. The second-order valence-electron chi connectivity index (χ2n) is 4.89. The van der Waals surface area contributed by atoms with Crippen molar-refractivity contribution >= 4 is 27.3 Å². The minimum Gasteiger partial charge on any atom is -0.466 e. The molecule has 0 saturated heterocycles. The minimum absolute atomic E-state index is 0.0754. The fourth-order valence-corrected chi connectivity index (χ4v) is 3.61. The third-order valence-corrected chi connectivity index (χ3v) is 5.03. The van der Waals surface area contributed by atoms with Crippen LogP contribution in [0.15, 0.2) is 33.6 Å². The Bertz CT molecular complexity index is 769. The van der Waals surface area contributed by atoms with Crippen molar-refractivity contribution in [2.24, 2.45) is 0 Å². The van der Waals surface area contributed by atoms with Gasteiger partial charge in [-0.05, 0) is 45.0 Å². The van der Waals surface area contributed by atoms with Gasteiger partial charge in [0.15, 0.2) is 0 Å². The van der Waals surface area contributed by atoms with Gasteiger partial charge in [-0.1, -0.05) is 11.6 Å².